The zero-order valence-electron chi connectivity index (χ0n) is 12.6. The van der Waals surface area contributed by atoms with Gasteiger partial charge in [-0.25, -0.2) is 14.5 Å². The molecule has 2 heterocycles. The number of nitrogens with one attached hydrogen (secondary N) is 2. The van der Waals surface area contributed by atoms with E-state index in [1.807, 2.05) is 38.1 Å². The highest BCUT2D eigenvalue weighted by atomic mass is 16.5. The fraction of sp³-hybridized carbons (Fsp3) is 0.400. The van der Waals surface area contributed by atoms with Crippen LogP contribution in [-0.2, 0) is 13.1 Å². The minimum Gasteiger partial charge on any atom is -0.488 e. The summed E-state index contributed by atoms with van der Waals surface area (Å²) in [6.45, 7) is 4.98. The van der Waals surface area contributed by atoms with Gasteiger partial charge in [-0.1, -0.05) is 18.2 Å². The standard InChI is InChI=1S/C15H19N5O2/c1-3-20-13(17-9-18-20)8-16-15(21)19-14-10(2)22-12-7-5-4-6-11(12)14/h4-7,9-10,14H,3,8H2,1-2H3,(H2,16,19,21). The molecular weight excluding hydrogens is 282 g/mol. The number of hydrogen-bond acceptors (Lipinski definition) is 4. The van der Waals surface area contributed by atoms with E-state index < -0.39 is 0 Å². The summed E-state index contributed by atoms with van der Waals surface area (Å²) in [7, 11) is 0. The van der Waals surface area contributed by atoms with Crippen LogP contribution in [0.1, 0.15) is 31.3 Å². The van der Waals surface area contributed by atoms with Gasteiger partial charge in [-0.15, -0.1) is 0 Å². The Morgan fingerprint density at radius 2 is 2.23 bits per heavy atom. The predicted molar refractivity (Wildman–Crippen MR) is 80.3 cm³/mol. The summed E-state index contributed by atoms with van der Waals surface area (Å²) < 4.78 is 7.49. The van der Waals surface area contributed by atoms with Crippen molar-refractivity contribution in [1.82, 2.24) is 25.4 Å². The SMILES string of the molecule is CCn1ncnc1CNC(=O)NC1c2ccccc2OC1C. The van der Waals surface area contributed by atoms with Gasteiger partial charge in [0.2, 0.25) is 0 Å². The smallest absolute Gasteiger partial charge is 0.315 e. The van der Waals surface area contributed by atoms with Crippen molar-refractivity contribution in [2.75, 3.05) is 0 Å². The van der Waals surface area contributed by atoms with E-state index in [4.69, 9.17) is 4.74 Å². The van der Waals surface area contributed by atoms with Crippen molar-refractivity contribution in [2.45, 2.75) is 39.1 Å². The molecule has 3 rings (SSSR count). The Morgan fingerprint density at radius 1 is 1.41 bits per heavy atom. The molecular formula is C15H19N5O2. The summed E-state index contributed by atoms with van der Waals surface area (Å²) >= 11 is 0. The average molecular weight is 301 g/mol. The Hall–Kier alpha value is -2.57. The summed E-state index contributed by atoms with van der Waals surface area (Å²) in [6.07, 6.45) is 1.39. The van der Waals surface area contributed by atoms with E-state index >= 15 is 0 Å². The first-order valence-electron chi connectivity index (χ1n) is 7.35. The molecule has 1 aliphatic heterocycles. The molecule has 0 saturated carbocycles. The molecule has 0 saturated heterocycles. The van der Waals surface area contributed by atoms with E-state index in [-0.39, 0.29) is 18.2 Å². The molecule has 0 bridgehead atoms. The maximum Gasteiger partial charge on any atom is 0.315 e. The van der Waals surface area contributed by atoms with Gasteiger partial charge >= 0.3 is 6.03 Å². The van der Waals surface area contributed by atoms with E-state index in [0.29, 0.717) is 6.54 Å². The quantitative estimate of drug-likeness (QED) is 0.899. The Balaban J connectivity index is 1.60. The third kappa shape index (κ3) is 2.74. The number of benzene rings is 1. The highest BCUT2D eigenvalue weighted by Gasteiger charge is 2.31. The van der Waals surface area contributed by atoms with Crippen molar-refractivity contribution < 1.29 is 9.53 Å². The third-order valence-electron chi connectivity index (χ3n) is 3.73. The third-order valence-corrected chi connectivity index (χ3v) is 3.73. The predicted octanol–water partition coefficient (Wildman–Crippen LogP) is 1.62. The Kier molecular flexibility index (Phi) is 3.95. The van der Waals surface area contributed by atoms with Crippen LogP contribution >= 0.6 is 0 Å². The highest BCUT2D eigenvalue weighted by Crippen LogP contribution is 2.35. The van der Waals surface area contributed by atoms with Crippen LogP contribution in [0, 0.1) is 0 Å². The number of urea groups is 1. The molecule has 2 aromatic rings. The number of aryl methyl sites for hydroxylation is 1. The van der Waals surface area contributed by atoms with Crippen LogP contribution in [0.25, 0.3) is 0 Å². The Bertz CT molecular complexity index is 669. The fourth-order valence-electron chi connectivity index (χ4n) is 2.60. The fourth-order valence-corrected chi connectivity index (χ4v) is 2.60. The van der Waals surface area contributed by atoms with Gasteiger partial charge in [0.05, 0.1) is 12.6 Å². The van der Waals surface area contributed by atoms with Gasteiger partial charge in [0.1, 0.15) is 24.0 Å². The first-order chi connectivity index (χ1) is 10.7. The lowest BCUT2D eigenvalue weighted by atomic mass is 10.1. The van der Waals surface area contributed by atoms with Crippen LogP contribution in [-0.4, -0.2) is 26.9 Å². The van der Waals surface area contributed by atoms with Crippen LogP contribution in [0.4, 0.5) is 4.79 Å². The molecule has 22 heavy (non-hydrogen) atoms. The number of para-hydroxylation sites is 1. The van der Waals surface area contributed by atoms with E-state index in [1.54, 1.807) is 4.68 Å². The lowest BCUT2D eigenvalue weighted by Crippen LogP contribution is -2.40. The van der Waals surface area contributed by atoms with E-state index in [9.17, 15) is 4.79 Å². The second-order valence-corrected chi connectivity index (χ2v) is 5.16. The number of ether oxygens (including phenoxy) is 1. The first-order valence-corrected chi connectivity index (χ1v) is 7.35. The van der Waals surface area contributed by atoms with Crippen LogP contribution in [0.15, 0.2) is 30.6 Å². The summed E-state index contributed by atoms with van der Waals surface area (Å²) in [4.78, 5) is 16.2. The van der Waals surface area contributed by atoms with Crippen molar-refractivity contribution in [3.63, 3.8) is 0 Å². The van der Waals surface area contributed by atoms with Gasteiger partial charge in [0, 0.05) is 12.1 Å². The molecule has 0 fully saturated rings. The molecule has 2 N–H and O–H groups in total. The number of aromatic nitrogens is 3. The maximum atomic E-state index is 12.1. The van der Waals surface area contributed by atoms with Gasteiger partial charge < -0.3 is 15.4 Å². The number of amides is 2. The van der Waals surface area contributed by atoms with Crippen LogP contribution in [0.5, 0.6) is 5.75 Å². The van der Waals surface area contributed by atoms with Crippen LogP contribution in [0.2, 0.25) is 0 Å². The number of nitrogens with zero attached hydrogens (tertiary/aromatic N) is 3. The largest absolute Gasteiger partial charge is 0.488 e. The van der Waals surface area contributed by atoms with Gasteiger partial charge in [-0.05, 0) is 19.9 Å². The lowest BCUT2D eigenvalue weighted by molar-refractivity contribution is 0.199. The summed E-state index contributed by atoms with van der Waals surface area (Å²) in [5.41, 5.74) is 1.00. The molecule has 0 radical (unpaired) electrons. The number of fused-ring (bicyclic) bond motifs is 1. The minimum atomic E-state index is -0.247. The number of carbonyl (C=O) groups excluding carboxylic acids is 1. The average Bonchev–Trinajstić information content (AvgIpc) is 3.10. The molecule has 2 unspecified atom stereocenters. The van der Waals surface area contributed by atoms with Crippen molar-refractivity contribution in [3.8, 4) is 5.75 Å². The molecule has 7 nitrogen and oxygen atoms in total. The van der Waals surface area contributed by atoms with Crippen molar-refractivity contribution >= 4 is 6.03 Å². The minimum absolute atomic E-state index is 0.0950. The van der Waals surface area contributed by atoms with Crippen LogP contribution < -0.4 is 15.4 Å². The van der Waals surface area contributed by atoms with E-state index in [1.165, 1.54) is 6.33 Å². The molecule has 1 aromatic heterocycles. The highest BCUT2D eigenvalue weighted by molar-refractivity contribution is 5.74. The molecule has 2 atom stereocenters. The summed E-state index contributed by atoms with van der Waals surface area (Å²) in [6, 6.07) is 7.34. The van der Waals surface area contributed by atoms with Crippen molar-refractivity contribution in [2.24, 2.45) is 0 Å². The first kappa shape index (κ1) is 14.4. The summed E-state index contributed by atoms with van der Waals surface area (Å²) in [5.74, 6) is 1.56. The van der Waals surface area contributed by atoms with E-state index in [2.05, 4.69) is 20.7 Å². The maximum absolute atomic E-state index is 12.1. The zero-order valence-corrected chi connectivity index (χ0v) is 12.6. The number of hydrogen-bond donors (Lipinski definition) is 2. The lowest BCUT2D eigenvalue weighted by Gasteiger charge is -2.17. The molecule has 0 aliphatic carbocycles. The molecule has 2 amide bonds. The van der Waals surface area contributed by atoms with Crippen molar-refractivity contribution in [3.05, 3.63) is 42.0 Å². The van der Waals surface area contributed by atoms with E-state index in [0.717, 1.165) is 23.7 Å². The van der Waals surface area contributed by atoms with Gasteiger partial charge in [0.25, 0.3) is 0 Å². The number of rotatable bonds is 4. The topological polar surface area (TPSA) is 81.1 Å². The molecule has 1 aromatic carbocycles. The molecule has 1 aliphatic rings. The molecule has 7 heteroatoms. The second kappa shape index (κ2) is 6.05. The molecule has 116 valence electrons. The molecule has 0 spiro atoms. The Morgan fingerprint density at radius 3 is 3.05 bits per heavy atom. The summed E-state index contributed by atoms with van der Waals surface area (Å²) in [5, 5.41) is 9.83. The van der Waals surface area contributed by atoms with Gasteiger partial charge in [0.15, 0.2) is 0 Å². The van der Waals surface area contributed by atoms with Gasteiger partial charge in [-0.3, -0.25) is 0 Å². The normalized spacial score (nSPS) is 19.4. The van der Waals surface area contributed by atoms with Crippen LogP contribution in [0.3, 0.4) is 0 Å². The monoisotopic (exact) mass is 301 g/mol. The zero-order chi connectivity index (χ0) is 15.5. The van der Waals surface area contributed by atoms with Gasteiger partial charge in [-0.2, -0.15) is 5.10 Å². The number of carbonyl (C=O) groups is 1. The van der Waals surface area contributed by atoms with Crippen molar-refractivity contribution in [1.29, 1.82) is 0 Å². The Labute approximate surface area is 128 Å². The second-order valence-electron chi connectivity index (χ2n) is 5.16.